The molecule has 0 unspecified atom stereocenters. The summed E-state index contributed by atoms with van der Waals surface area (Å²) in [7, 11) is 4.44. The van der Waals surface area contributed by atoms with Gasteiger partial charge in [0.05, 0.1) is 31.4 Å². The van der Waals surface area contributed by atoms with Crippen LogP contribution in [0, 0.1) is 0 Å². The number of phenolic OH excluding ortho intramolecular Hbond substituents is 1. The van der Waals surface area contributed by atoms with Crippen molar-refractivity contribution >= 4 is 43.4 Å². The lowest BCUT2D eigenvalue weighted by Crippen LogP contribution is -2.12. The summed E-state index contributed by atoms with van der Waals surface area (Å²) in [6, 6.07) is 24.2. The Labute approximate surface area is 222 Å². The number of esters is 1. The minimum atomic E-state index is -0.637. The number of phenols is 1. The van der Waals surface area contributed by atoms with Crippen molar-refractivity contribution < 1.29 is 28.8 Å². The number of carbonyl (C=O) groups excluding carboxylic acids is 1. The first-order valence-electron chi connectivity index (χ1n) is 11.4. The lowest BCUT2D eigenvalue weighted by molar-refractivity contribution is 0.0733. The van der Waals surface area contributed by atoms with Crippen LogP contribution in [0.1, 0.15) is 10.4 Å². The van der Waals surface area contributed by atoms with Gasteiger partial charge in [-0.1, -0.05) is 60.7 Å². The fourth-order valence-electron chi connectivity index (χ4n) is 4.54. The Hall–Kier alpha value is -4.23. The first-order chi connectivity index (χ1) is 18.0. The standard InChI is InChI=1S/C30H23BrO6/c1-34-24-16-21(27(31)29(36-3)28(24)35-2)30(33)37-23-15-13-18-9-5-7-11-20(18)26(23)25-19-10-6-4-8-17(19)12-14-22(25)32/h4-16,32H,1-3H3. The van der Waals surface area contributed by atoms with Crippen molar-refractivity contribution in [2.24, 2.45) is 0 Å². The predicted molar refractivity (Wildman–Crippen MR) is 147 cm³/mol. The summed E-state index contributed by atoms with van der Waals surface area (Å²) in [6.07, 6.45) is 0. The number of ether oxygens (including phenoxy) is 4. The van der Waals surface area contributed by atoms with Crippen LogP contribution in [-0.4, -0.2) is 32.4 Å². The minimum absolute atomic E-state index is 0.0846. The quantitative estimate of drug-likeness (QED) is 0.173. The molecule has 37 heavy (non-hydrogen) atoms. The van der Waals surface area contributed by atoms with Gasteiger partial charge < -0.3 is 24.1 Å². The lowest BCUT2D eigenvalue weighted by Gasteiger charge is -2.18. The third-order valence-electron chi connectivity index (χ3n) is 6.24. The van der Waals surface area contributed by atoms with E-state index in [2.05, 4.69) is 15.9 Å². The van der Waals surface area contributed by atoms with Crippen molar-refractivity contribution in [2.45, 2.75) is 0 Å². The number of benzene rings is 5. The summed E-state index contributed by atoms with van der Waals surface area (Å²) in [4.78, 5) is 13.6. The van der Waals surface area contributed by atoms with Gasteiger partial charge in [0.15, 0.2) is 11.5 Å². The SMILES string of the molecule is COc1cc(C(=O)Oc2ccc3ccccc3c2-c2c(O)ccc3ccccc23)c(Br)c(OC)c1OC. The zero-order valence-corrected chi connectivity index (χ0v) is 22.0. The van der Waals surface area contributed by atoms with E-state index in [4.69, 9.17) is 18.9 Å². The van der Waals surface area contributed by atoms with E-state index >= 15 is 0 Å². The molecule has 1 N–H and O–H groups in total. The highest BCUT2D eigenvalue weighted by atomic mass is 79.9. The largest absolute Gasteiger partial charge is 0.507 e. The average Bonchev–Trinajstić information content (AvgIpc) is 2.93. The summed E-state index contributed by atoms with van der Waals surface area (Å²) in [5, 5.41) is 14.6. The van der Waals surface area contributed by atoms with Gasteiger partial charge in [-0.25, -0.2) is 4.79 Å². The first kappa shape index (κ1) is 24.5. The highest BCUT2D eigenvalue weighted by Crippen LogP contribution is 2.47. The van der Waals surface area contributed by atoms with E-state index in [1.54, 1.807) is 12.1 Å². The van der Waals surface area contributed by atoms with Gasteiger partial charge in [-0.2, -0.15) is 0 Å². The number of fused-ring (bicyclic) bond motifs is 2. The van der Waals surface area contributed by atoms with Crippen LogP contribution in [0.4, 0.5) is 0 Å². The van der Waals surface area contributed by atoms with Crippen LogP contribution in [0.5, 0.6) is 28.7 Å². The maximum Gasteiger partial charge on any atom is 0.344 e. The van der Waals surface area contributed by atoms with E-state index in [1.807, 2.05) is 60.7 Å². The first-order valence-corrected chi connectivity index (χ1v) is 12.2. The third kappa shape index (κ3) is 4.21. The Kier molecular flexibility index (Phi) is 6.63. The molecule has 0 spiro atoms. The van der Waals surface area contributed by atoms with E-state index in [1.165, 1.54) is 27.4 Å². The van der Waals surface area contributed by atoms with Gasteiger partial charge in [-0.3, -0.25) is 0 Å². The van der Waals surface area contributed by atoms with Crippen molar-refractivity contribution in [1.29, 1.82) is 0 Å². The number of hydrogen-bond acceptors (Lipinski definition) is 6. The normalized spacial score (nSPS) is 10.9. The summed E-state index contributed by atoms with van der Waals surface area (Å²) in [5.74, 6) is 0.722. The van der Waals surface area contributed by atoms with Crippen LogP contribution >= 0.6 is 15.9 Å². The predicted octanol–water partition coefficient (Wildman–Crippen LogP) is 7.37. The molecule has 0 amide bonds. The molecule has 6 nitrogen and oxygen atoms in total. The summed E-state index contributed by atoms with van der Waals surface area (Å²) >= 11 is 3.46. The van der Waals surface area contributed by atoms with Crippen molar-refractivity contribution in [3.8, 4) is 39.9 Å². The molecule has 0 saturated carbocycles. The molecule has 0 saturated heterocycles. The topological polar surface area (TPSA) is 74.2 Å². The Morgan fingerprint density at radius 3 is 1.92 bits per heavy atom. The highest BCUT2D eigenvalue weighted by molar-refractivity contribution is 9.10. The number of halogens is 1. The lowest BCUT2D eigenvalue weighted by atomic mass is 9.92. The molecule has 0 fully saturated rings. The molecule has 7 heteroatoms. The van der Waals surface area contributed by atoms with Crippen LogP contribution in [0.3, 0.4) is 0 Å². The van der Waals surface area contributed by atoms with Crippen LogP contribution in [0.25, 0.3) is 32.7 Å². The Balaban J connectivity index is 1.72. The molecule has 0 aliphatic heterocycles. The van der Waals surface area contributed by atoms with E-state index < -0.39 is 5.97 Å². The Morgan fingerprint density at radius 2 is 1.30 bits per heavy atom. The maximum atomic E-state index is 13.6. The number of carbonyl (C=O) groups is 1. The summed E-state index contributed by atoms with van der Waals surface area (Å²) in [5.41, 5.74) is 1.39. The highest BCUT2D eigenvalue weighted by Gasteiger charge is 2.26. The van der Waals surface area contributed by atoms with E-state index in [-0.39, 0.29) is 11.3 Å². The van der Waals surface area contributed by atoms with Crippen molar-refractivity contribution in [2.75, 3.05) is 21.3 Å². The van der Waals surface area contributed by atoms with Gasteiger partial charge in [-0.05, 0) is 55.7 Å². The molecular formula is C30H23BrO6. The summed E-state index contributed by atoms with van der Waals surface area (Å²) < 4.78 is 22.7. The second-order valence-electron chi connectivity index (χ2n) is 8.24. The van der Waals surface area contributed by atoms with Gasteiger partial charge in [0.1, 0.15) is 11.5 Å². The smallest absolute Gasteiger partial charge is 0.344 e. The monoisotopic (exact) mass is 558 g/mol. The van der Waals surface area contributed by atoms with Crippen LogP contribution < -0.4 is 18.9 Å². The van der Waals surface area contributed by atoms with Crippen molar-refractivity contribution in [1.82, 2.24) is 0 Å². The van der Waals surface area contributed by atoms with E-state index in [0.29, 0.717) is 38.6 Å². The average molecular weight is 559 g/mol. The fraction of sp³-hybridized carbons (Fsp3) is 0.100. The number of hydrogen-bond donors (Lipinski definition) is 1. The van der Waals surface area contributed by atoms with E-state index in [0.717, 1.165) is 21.5 Å². The van der Waals surface area contributed by atoms with Gasteiger partial charge in [0.25, 0.3) is 0 Å². The Bertz CT molecular complexity index is 1660. The number of rotatable bonds is 6. The molecule has 0 radical (unpaired) electrons. The molecular weight excluding hydrogens is 536 g/mol. The zero-order valence-electron chi connectivity index (χ0n) is 20.4. The maximum absolute atomic E-state index is 13.6. The molecule has 5 aromatic carbocycles. The molecule has 5 aromatic rings. The molecule has 5 rings (SSSR count). The molecule has 0 aliphatic carbocycles. The van der Waals surface area contributed by atoms with Gasteiger partial charge in [-0.15, -0.1) is 0 Å². The van der Waals surface area contributed by atoms with Crippen LogP contribution in [0.15, 0.2) is 83.3 Å². The Morgan fingerprint density at radius 1 is 0.703 bits per heavy atom. The third-order valence-corrected chi connectivity index (χ3v) is 7.03. The van der Waals surface area contributed by atoms with Crippen molar-refractivity contribution in [3.05, 3.63) is 88.9 Å². The number of aromatic hydroxyl groups is 1. The second kappa shape index (κ2) is 10.0. The molecule has 0 bridgehead atoms. The van der Waals surface area contributed by atoms with Gasteiger partial charge in [0.2, 0.25) is 5.75 Å². The zero-order chi connectivity index (χ0) is 26.1. The summed E-state index contributed by atoms with van der Waals surface area (Å²) in [6.45, 7) is 0. The minimum Gasteiger partial charge on any atom is -0.507 e. The van der Waals surface area contributed by atoms with Gasteiger partial charge >= 0.3 is 5.97 Å². The van der Waals surface area contributed by atoms with Gasteiger partial charge in [0, 0.05) is 11.1 Å². The molecule has 0 heterocycles. The van der Waals surface area contributed by atoms with E-state index in [9.17, 15) is 9.90 Å². The van der Waals surface area contributed by atoms with Crippen LogP contribution in [-0.2, 0) is 0 Å². The molecule has 0 atom stereocenters. The molecule has 0 aromatic heterocycles. The van der Waals surface area contributed by atoms with Crippen LogP contribution in [0.2, 0.25) is 0 Å². The molecule has 0 aliphatic rings. The second-order valence-corrected chi connectivity index (χ2v) is 9.03. The fourth-order valence-corrected chi connectivity index (χ4v) is 5.16. The van der Waals surface area contributed by atoms with Crippen molar-refractivity contribution in [3.63, 3.8) is 0 Å². The molecule has 186 valence electrons. The number of methoxy groups -OCH3 is 3.